The summed E-state index contributed by atoms with van der Waals surface area (Å²) in [6.07, 6.45) is 5.05. The highest BCUT2D eigenvalue weighted by Crippen LogP contribution is 2.45. The summed E-state index contributed by atoms with van der Waals surface area (Å²) in [6, 6.07) is 6.44. The minimum atomic E-state index is 0.466. The zero-order chi connectivity index (χ0) is 11.0. The van der Waals surface area contributed by atoms with Gasteiger partial charge in [-0.1, -0.05) is 6.92 Å². The van der Waals surface area contributed by atoms with Crippen molar-refractivity contribution in [1.82, 2.24) is 0 Å². The average Bonchev–Trinajstić information content (AvgIpc) is 3.05. The zero-order valence-electron chi connectivity index (χ0n) is 9.88. The molecule has 1 aliphatic carbocycles. The second-order valence-corrected chi connectivity index (χ2v) is 5.45. The number of hydrogen-bond acceptors (Lipinski definition) is 2. The summed E-state index contributed by atoms with van der Waals surface area (Å²) in [5.74, 6) is 1.04. The standard InChI is InChI=1S/C14H19NO/c1-14(6-7-14)10-16-12-4-5-13-11(9-12)3-2-8-15-13/h4-5,9,15H,2-3,6-8,10H2,1H3. The highest BCUT2D eigenvalue weighted by Gasteiger charge is 2.38. The molecule has 1 heterocycles. The number of anilines is 1. The fourth-order valence-electron chi connectivity index (χ4n) is 2.16. The summed E-state index contributed by atoms with van der Waals surface area (Å²) < 4.78 is 5.87. The predicted molar refractivity (Wildman–Crippen MR) is 66.1 cm³/mol. The normalized spacial score (nSPS) is 20.8. The van der Waals surface area contributed by atoms with Crippen LogP contribution in [-0.4, -0.2) is 13.2 Å². The van der Waals surface area contributed by atoms with E-state index < -0.39 is 0 Å². The van der Waals surface area contributed by atoms with Crippen LogP contribution in [0.25, 0.3) is 0 Å². The van der Waals surface area contributed by atoms with Crippen LogP contribution < -0.4 is 10.1 Å². The Morgan fingerprint density at radius 1 is 1.38 bits per heavy atom. The number of benzene rings is 1. The molecule has 0 amide bonds. The molecule has 86 valence electrons. The third kappa shape index (κ3) is 2.01. The number of aryl methyl sites for hydroxylation is 1. The monoisotopic (exact) mass is 217 g/mol. The number of rotatable bonds is 3. The van der Waals surface area contributed by atoms with E-state index in [0.29, 0.717) is 5.41 Å². The Morgan fingerprint density at radius 2 is 2.25 bits per heavy atom. The Labute approximate surface area is 97.0 Å². The van der Waals surface area contributed by atoms with Crippen LogP contribution in [0.15, 0.2) is 18.2 Å². The highest BCUT2D eigenvalue weighted by atomic mass is 16.5. The Bertz CT molecular complexity index is 396. The predicted octanol–water partition coefficient (Wildman–Crippen LogP) is 3.22. The Balaban J connectivity index is 1.70. The van der Waals surface area contributed by atoms with Crippen molar-refractivity contribution in [2.45, 2.75) is 32.6 Å². The van der Waals surface area contributed by atoms with Crippen LogP contribution in [0.4, 0.5) is 5.69 Å². The fraction of sp³-hybridized carbons (Fsp3) is 0.571. The van der Waals surface area contributed by atoms with Crippen molar-refractivity contribution in [3.8, 4) is 5.75 Å². The summed E-state index contributed by atoms with van der Waals surface area (Å²) in [5.41, 5.74) is 3.16. The van der Waals surface area contributed by atoms with Crippen molar-refractivity contribution < 1.29 is 4.74 Å². The first-order chi connectivity index (χ1) is 7.75. The molecule has 2 aliphatic rings. The van der Waals surface area contributed by atoms with E-state index in [0.717, 1.165) is 18.9 Å². The summed E-state index contributed by atoms with van der Waals surface area (Å²) in [5, 5.41) is 3.42. The maximum absolute atomic E-state index is 5.87. The van der Waals surface area contributed by atoms with Crippen LogP contribution in [0.2, 0.25) is 0 Å². The lowest BCUT2D eigenvalue weighted by Crippen LogP contribution is -2.12. The van der Waals surface area contributed by atoms with Gasteiger partial charge in [-0.2, -0.15) is 0 Å². The molecule has 1 fully saturated rings. The van der Waals surface area contributed by atoms with Gasteiger partial charge in [0, 0.05) is 17.6 Å². The third-order valence-electron chi connectivity index (χ3n) is 3.71. The van der Waals surface area contributed by atoms with Gasteiger partial charge >= 0.3 is 0 Å². The maximum atomic E-state index is 5.87. The molecule has 0 unspecified atom stereocenters. The Kier molecular flexibility index (Phi) is 2.31. The average molecular weight is 217 g/mol. The van der Waals surface area contributed by atoms with Gasteiger partial charge in [-0.3, -0.25) is 0 Å². The largest absolute Gasteiger partial charge is 0.493 e. The summed E-state index contributed by atoms with van der Waals surface area (Å²) in [7, 11) is 0. The number of hydrogen-bond donors (Lipinski definition) is 1. The first-order valence-corrected chi connectivity index (χ1v) is 6.25. The van der Waals surface area contributed by atoms with E-state index in [1.54, 1.807) is 0 Å². The van der Waals surface area contributed by atoms with Crippen molar-refractivity contribution in [3.63, 3.8) is 0 Å². The summed E-state index contributed by atoms with van der Waals surface area (Å²) in [4.78, 5) is 0. The lowest BCUT2D eigenvalue weighted by molar-refractivity contribution is 0.247. The van der Waals surface area contributed by atoms with Gasteiger partial charge in [-0.15, -0.1) is 0 Å². The van der Waals surface area contributed by atoms with Gasteiger partial charge in [0.15, 0.2) is 0 Å². The second-order valence-electron chi connectivity index (χ2n) is 5.45. The molecule has 16 heavy (non-hydrogen) atoms. The topological polar surface area (TPSA) is 21.3 Å². The van der Waals surface area contributed by atoms with E-state index in [1.807, 2.05) is 0 Å². The van der Waals surface area contributed by atoms with Crippen molar-refractivity contribution in [3.05, 3.63) is 23.8 Å². The molecule has 3 rings (SSSR count). The van der Waals surface area contributed by atoms with E-state index in [9.17, 15) is 0 Å². The smallest absolute Gasteiger partial charge is 0.119 e. The van der Waals surface area contributed by atoms with Gasteiger partial charge in [-0.25, -0.2) is 0 Å². The molecule has 1 aromatic carbocycles. The molecular weight excluding hydrogens is 198 g/mol. The third-order valence-corrected chi connectivity index (χ3v) is 3.71. The molecule has 0 radical (unpaired) electrons. The van der Waals surface area contributed by atoms with Crippen molar-refractivity contribution in [2.75, 3.05) is 18.5 Å². The lowest BCUT2D eigenvalue weighted by atomic mass is 10.0. The van der Waals surface area contributed by atoms with E-state index in [4.69, 9.17) is 4.74 Å². The van der Waals surface area contributed by atoms with Gasteiger partial charge in [-0.05, 0) is 49.4 Å². The Hall–Kier alpha value is -1.18. The zero-order valence-corrected chi connectivity index (χ0v) is 9.88. The van der Waals surface area contributed by atoms with Crippen molar-refractivity contribution >= 4 is 5.69 Å². The number of nitrogens with one attached hydrogen (secondary N) is 1. The SMILES string of the molecule is CC1(COc2ccc3c(c2)CCCN3)CC1. The minimum Gasteiger partial charge on any atom is -0.493 e. The van der Waals surface area contributed by atoms with Crippen LogP contribution in [0.5, 0.6) is 5.75 Å². The van der Waals surface area contributed by atoms with Crippen molar-refractivity contribution in [2.24, 2.45) is 5.41 Å². The number of ether oxygens (including phenoxy) is 1. The van der Waals surface area contributed by atoms with Gasteiger partial charge in [0.05, 0.1) is 6.61 Å². The first-order valence-electron chi connectivity index (χ1n) is 6.25. The molecule has 0 spiro atoms. The van der Waals surface area contributed by atoms with E-state index >= 15 is 0 Å². The molecule has 1 aromatic rings. The van der Waals surface area contributed by atoms with Crippen LogP contribution >= 0.6 is 0 Å². The van der Waals surface area contributed by atoms with Gasteiger partial charge < -0.3 is 10.1 Å². The van der Waals surface area contributed by atoms with Gasteiger partial charge in [0.1, 0.15) is 5.75 Å². The van der Waals surface area contributed by atoms with Crippen LogP contribution in [0, 0.1) is 5.41 Å². The lowest BCUT2D eigenvalue weighted by Gasteiger charge is -2.19. The van der Waals surface area contributed by atoms with E-state index in [2.05, 4.69) is 30.4 Å². The molecule has 1 saturated carbocycles. The summed E-state index contributed by atoms with van der Waals surface area (Å²) in [6.45, 7) is 4.28. The van der Waals surface area contributed by atoms with E-state index in [1.165, 1.54) is 36.9 Å². The first kappa shape index (κ1) is 10.0. The summed E-state index contributed by atoms with van der Waals surface area (Å²) >= 11 is 0. The molecule has 2 heteroatoms. The Morgan fingerprint density at radius 3 is 3.06 bits per heavy atom. The van der Waals surface area contributed by atoms with Crippen LogP contribution in [0.1, 0.15) is 31.7 Å². The molecule has 0 saturated heterocycles. The molecule has 1 N–H and O–H groups in total. The van der Waals surface area contributed by atoms with Gasteiger partial charge in [0.25, 0.3) is 0 Å². The quantitative estimate of drug-likeness (QED) is 0.839. The van der Waals surface area contributed by atoms with Crippen molar-refractivity contribution in [1.29, 1.82) is 0 Å². The number of fused-ring (bicyclic) bond motifs is 1. The molecular formula is C14H19NO. The minimum absolute atomic E-state index is 0.466. The highest BCUT2D eigenvalue weighted by molar-refractivity contribution is 5.55. The molecule has 2 nitrogen and oxygen atoms in total. The van der Waals surface area contributed by atoms with E-state index in [-0.39, 0.29) is 0 Å². The maximum Gasteiger partial charge on any atom is 0.119 e. The second kappa shape index (κ2) is 3.69. The molecule has 0 bridgehead atoms. The van der Waals surface area contributed by atoms with Gasteiger partial charge in [0.2, 0.25) is 0 Å². The van der Waals surface area contributed by atoms with Crippen LogP contribution in [0.3, 0.4) is 0 Å². The molecule has 0 aromatic heterocycles. The fourth-order valence-corrected chi connectivity index (χ4v) is 2.16. The molecule has 0 atom stereocenters. The molecule has 1 aliphatic heterocycles. The van der Waals surface area contributed by atoms with Crippen LogP contribution in [-0.2, 0) is 6.42 Å².